The fourth-order valence-electron chi connectivity index (χ4n) is 2.21. The van der Waals surface area contributed by atoms with Crippen LogP contribution >= 0.6 is 0 Å². The largest absolute Gasteiger partial charge is 0.456 e. The molecule has 0 atom stereocenters. The Labute approximate surface area is 123 Å². The highest BCUT2D eigenvalue weighted by molar-refractivity contribution is 5.86. The first-order valence-corrected chi connectivity index (χ1v) is 6.75. The van der Waals surface area contributed by atoms with Gasteiger partial charge in [-0.3, -0.25) is 4.79 Å². The van der Waals surface area contributed by atoms with Crippen molar-refractivity contribution in [2.24, 2.45) is 0 Å². The number of aldehydes is 1. The number of benzene rings is 3. The Balaban J connectivity index is 2.11. The zero-order valence-corrected chi connectivity index (χ0v) is 11.4. The van der Waals surface area contributed by atoms with Crippen LogP contribution in [0.15, 0.2) is 78.9 Å². The number of para-hydroxylation sites is 2. The smallest absolute Gasteiger partial charge is 0.153 e. The molecule has 0 amide bonds. The van der Waals surface area contributed by atoms with E-state index in [1.807, 2.05) is 72.8 Å². The minimum absolute atomic E-state index is 0.542. The lowest BCUT2D eigenvalue weighted by atomic mass is 10.0. The van der Waals surface area contributed by atoms with E-state index in [9.17, 15) is 4.79 Å². The summed E-state index contributed by atoms with van der Waals surface area (Å²) >= 11 is 0. The molecule has 0 aromatic heterocycles. The maximum Gasteiger partial charge on any atom is 0.153 e. The number of carbonyl (C=O) groups excluding carboxylic acids is 1. The lowest BCUT2D eigenvalue weighted by Crippen LogP contribution is -1.93. The van der Waals surface area contributed by atoms with Gasteiger partial charge in [0.05, 0.1) is 5.56 Å². The average molecular weight is 274 g/mol. The zero-order valence-electron chi connectivity index (χ0n) is 11.4. The molecular formula is C19H14O2. The monoisotopic (exact) mass is 274 g/mol. The summed E-state index contributed by atoms with van der Waals surface area (Å²) < 4.78 is 5.95. The first-order valence-electron chi connectivity index (χ1n) is 6.75. The molecule has 2 heteroatoms. The summed E-state index contributed by atoms with van der Waals surface area (Å²) in [7, 11) is 0. The van der Waals surface area contributed by atoms with E-state index in [2.05, 4.69) is 0 Å². The van der Waals surface area contributed by atoms with Crippen molar-refractivity contribution in [3.8, 4) is 22.6 Å². The highest BCUT2D eigenvalue weighted by Gasteiger charge is 2.12. The minimum atomic E-state index is 0.542. The van der Waals surface area contributed by atoms with E-state index in [-0.39, 0.29) is 0 Å². The third-order valence-electron chi connectivity index (χ3n) is 3.22. The lowest BCUT2D eigenvalue weighted by molar-refractivity contribution is 0.112. The van der Waals surface area contributed by atoms with E-state index in [0.717, 1.165) is 17.4 Å². The molecule has 0 aliphatic carbocycles. The van der Waals surface area contributed by atoms with Crippen LogP contribution in [0.2, 0.25) is 0 Å². The van der Waals surface area contributed by atoms with Crippen LogP contribution in [-0.4, -0.2) is 6.29 Å². The standard InChI is InChI=1S/C19H14O2/c20-14-16-10-7-13-18(15-8-3-1-4-9-15)19(16)21-17-11-5-2-6-12-17/h1-14H. The Bertz CT molecular complexity index is 734. The predicted molar refractivity (Wildman–Crippen MR) is 83.8 cm³/mol. The van der Waals surface area contributed by atoms with Crippen molar-refractivity contribution in [3.63, 3.8) is 0 Å². The second-order valence-electron chi connectivity index (χ2n) is 4.62. The molecule has 2 nitrogen and oxygen atoms in total. The molecule has 0 radical (unpaired) electrons. The molecule has 0 aliphatic heterocycles. The van der Waals surface area contributed by atoms with Crippen LogP contribution in [-0.2, 0) is 0 Å². The van der Waals surface area contributed by atoms with Crippen molar-refractivity contribution in [2.45, 2.75) is 0 Å². The Morgan fingerprint density at radius 1 is 0.714 bits per heavy atom. The van der Waals surface area contributed by atoms with Gasteiger partial charge in [0, 0.05) is 5.56 Å². The normalized spacial score (nSPS) is 10.1. The molecule has 0 fully saturated rings. The van der Waals surface area contributed by atoms with Crippen molar-refractivity contribution >= 4 is 6.29 Å². The molecule has 3 aromatic carbocycles. The molecule has 0 saturated carbocycles. The molecule has 102 valence electrons. The van der Waals surface area contributed by atoms with Crippen molar-refractivity contribution in [2.75, 3.05) is 0 Å². The summed E-state index contributed by atoms with van der Waals surface area (Å²) in [5, 5.41) is 0. The van der Waals surface area contributed by atoms with Crippen LogP contribution in [0.1, 0.15) is 10.4 Å². The van der Waals surface area contributed by atoms with E-state index in [0.29, 0.717) is 17.1 Å². The quantitative estimate of drug-likeness (QED) is 0.629. The molecule has 3 rings (SSSR count). The van der Waals surface area contributed by atoms with Crippen LogP contribution in [0.25, 0.3) is 11.1 Å². The number of carbonyl (C=O) groups is 1. The van der Waals surface area contributed by atoms with Gasteiger partial charge in [0.1, 0.15) is 11.5 Å². The topological polar surface area (TPSA) is 26.3 Å². The van der Waals surface area contributed by atoms with Gasteiger partial charge in [-0.15, -0.1) is 0 Å². The van der Waals surface area contributed by atoms with Gasteiger partial charge >= 0.3 is 0 Å². The fourth-order valence-corrected chi connectivity index (χ4v) is 2.21. The minimum Gasteiger partial charge on any atom is -0.456 e. The second kappa shape index (κ2) is 6.06. The van der Waals surface area contributed by atoms with Crippen molar-refractivity contribution in [3.05, 3.63) is 84.4 Å². The Morgan fingerprint density at radius 3 is 2.05 bits per heavy atom. The van der Waals surface area contributed by atoms with Gasteiger partial charge in [0.2, 0.25) is 0 Å². The molecule has 0 aliphatic rings. The number of hydrogen-bond acceptors (Lipinski definition) is 2. The summed E-state index contributed by atoms with van der Waals surface area (Å²) in [5.41, 5.74) is 2.47. The average Bonchev–Trinajstić information content (AvgIpc) is 2.57. The van der Waals surface area contributed by atoms with E-state index < -0.39 is 0 Å². The Morgan fingerprint density at radius 2 is 1.38 bits per heavy atom. The van der Waals surface area contributed by atoms with Crippen LogP contribution in [0.4, 0.5) is 0 Å². The lowest BCUT2D eigenvalue weighted by Gasteiger charge is -2.13. The van der Waals surface area contributed by atoms with Crippen LogP contribution in [0.5, 0.6) is 11.5 Å². The molecule has 0 saturated heterocycles. The van der Waals surface area contributed by atoms with E-state index >= 15 is 0 Å². The van der Waals surface area contributed by atoms with E-state index in [1.54, 1.807) is 6.07 Å². The third-order valence-corrected chi connectivity index (χ3v) is 3.22. The summed E-state index contributed by atoms with van der Waals surface area (Å²) in [6.45, 7) is 0. The summed E-state index contributed by atoms with van der Waals surface area (Å²) in [5.74, 6) is 1.30. The van der Waals surface area contributed by atoms with E-state index in [4.69, 9.17) is 4.74 Å². The van der Waals surface area contributed by atoms with Crippen LogP contribution in [0.3, 0.4) is 0 Å². The SMILES string of the molecule is O=Cc1cccc(-c2ccccc2)c1Oc1ccccc1. The molecule has 0 spiro atoms. The Hall–Kier alpha value is -2.87. The molecule has 0 unspecified atom stereocenters. The highest BCUT2D eigenvalue weighted by atomic mass is 16.5. The Kier molecular flexibility index (Phi) is 3.79. The maximum atomic E-state index is 11.3. The first kappa shape index (κ1) is 13.1. The number of hydrogen-bond donors (Lipinski definition) is 0. The highest BCUT2D eigenvalue weighted by Crippen LogP contribution is 2.35. The molecule has 21 heavy (non-hydrogen) atoms. The van der Waals surface area contributed by atoms with Crippen LogP contribution < -0.4 is 4.74 Å². The molecule has 3 aromatic rings. The number of ether oxygens (including phenoxy) is 1. The summed E-state index contributed by atoms with van der Waals surface area (Å²) in [4.78, 5) is 11.3. The van der Waals surface area contributed by atoms with Crippen molar-refractivity contribution in [1.82, 2.24) is 0 Å². The predicted octanol–water partition coefficient (Wildman–Crippen LogP) is 4.96. The van der Waals surface area contributed by atoms with E-state index in [1.165, 1.54) is 0 Å². The fraction of sp³-hybridized carbons (Fsp3) is 0. The maximum absolute atomic E-state index is 11.3. The van der Waals surface area contributed by atoms with Crippen LogP contribution in [0, 0.1) is 0 Å². The molecule has 0 bridgehead atoms. The molecule has 0 heterocycles. The summed E-state index contributed by atoms with van der Waals surface area (Å²) in [6, 6.07) is 25.0. The molecular weight excluding hydrogens is 260 g/mol. The van der Waals surface area contributed by atoms with Gasteiger partial charge in [0.25, 0.3) is 0 Å². The van der Waals surface area contributed by atoms with Crippen molar-refractivity contribution in [1.29, 1.82) is 0 Å². The van der Waals surface area contributed by atoms with Gasteiger partial charge in [-0.25, -0.2) is 0 Å². The van der Waals surface area contributed by atoms with Gasteiger partial charge < -0.3 is 4.74 Å². The number of rotatable bonds is 4. The molecule has 0 N–H and O–H groups in total. The zero-order chi connectivity index (χ0) is 14.5. The van der Waals surface area contributed by atoms with Gasteiger partial charge in [-0.1, -0.05) is 60.7 Å². The first-order chi connectivity index (χ1) is 10.4. The van der Waals surface area contributed by atoms with Gasteiger partial charge in [-0.05, 0) is 23.8 Å². The van der Waals surface area contributed by atoms with Crippen molar-refractivity contribution < 1.29 is 9.53 Å². The summed E-state index contributed by atoms with van der Waals surface area (Å²) in [6.07, 6.45) is 0.824. The van der Waals surface area contributed by atoms with Gasteiger partial charge in [-0.2, -0.15) is 0 Å². The second-order valence-corrected chi connectivity index (χ2v) is 4.62. The van der Waals surface area contributed by atoms with Gasteiger partial charge in [0.15, 0.2) is 6.29 Å². The third kappa shape index (κ3) is 2.84.